The van der Waals surface area contributed by atoms with Gasteiger partial charge in [-0.15, -0.1) is 0 Å². The van der Waals surface area contributed by atoms with Crippen LogP contribution in [0.4, 0.5) is 4.39 Å². The number of hydrogen-bond acceptors (Lipinski definition) is 2. The number of carbonyl (C=O) groups is 2. The lowest BCUT2D eigenvalue weighted by Crippen LogP contribution is -2.49. The predicted molar refractivity (Wildman–Crippen MR) is 114 cm³/mol. The lowest BCUT2D eigenvalue weighted by molar-refractivity contribution is -0.140. The molecule has 0 saturated heterocycles. The molecule has 4 nitrogen and oxygen atoms in total. The van der Waals surface area contributed by atoms with Crippen LogP contribution in [0.1, 0.15) is 48.9 Å². The van der Waals surface area contributed by atoms with E-state index in [9.17, 15) is 14.0 Å². The first-order valence-electron chi connectivity index (χ1n) is 10.2. The first-order chi connectivity index (χ1) is 13.8. The zero-order valence-electron chi connectivity index (χ0n) is 17.8. The Hall–Kier alpha value is -2.69. The summed E-state index contributed by atoms with van der Waals surface area (Å²) >= 11 is 0. The molecule has 0 radical (unpaired) electrons. The molecule has 29 heavy (non-hydrogen) atoms. The van der Waals surface area contributed by atoms with Crippen LogP contribution in [-0.4, -0.2) is 29.3 Å². The lowest BCUT2D eigenvalue weighted by atomic mass is 10.0. The Labute approximate surface area is 173 Å². The zero-order chi connectivity index (χ0) is 21.4. The Kier molecular flexibility index (Phi) is 8.37. The van der Waals surface area contributed by atoms with Crippen LogP contribution in [0.15, 0.2) is 42.5 Å². The van der Waals surface area contributed by atoms with Crippen LogP contribution < -0.4 is 5.32 Å². The summed E-state index contributed by atoms with van der Waals surface area (Å²) in [6, 6.07) is 11.6. The summed E-state index contributed by atoms with van der Waals surface area (Å²) in [6.07, 6.45) is 1.56. The van der Waals surface area contributed by atoms with Gasteiger partial charge in [-0.05, 0) is 49.9 Å². The van der Waals surface area contributed by atoms with Gasteiger partial charge in [0.15, 0.2) is 0 Å². The molecule has 2 aromatic rings. The monoisotopic (exact) mass is 398 g/mol. The average molecular weight is 399 g/mol. The molecule has 0 saturated carbocycles. The minimum atomic E-state index is -0.565. The molecule has 5 heteroatoms. The van der Waals surface area contributed by atoms with Crippen LogP contribution in [0, 0.1) is 19.7 Å². The van der Waals surface area contributed by atoms with Crippen LogP contribution in [0.5, 0.6) is 0 Å². The molecule has 0 heterocycles. The van der Waals surface area contributed by atoms with Crippen molar-refractivity contribution in [1.82, 2.24) is 10.2 Å². The van der Waals surface area contributed by atoms with Crippen molar-refractivity contribution in [3.63, 3.8) is 0 Å². The molecule has 0 aromatic heterocycles. The number of amides is 2. The third-order valence-electron chi connectivity index (χ3n) is 4.84. The number of nitrogens with zero attached hydrogens (tertiary/aromatic N) is 1. The van der Waals surface area contributed by atoms with Crippen molar-refractivity contribution < 1.29 is 14.0 Å². The van der Waals surface area contributed by atoms with Crippen LogP contribution in [0.3, 0.4) is 0 Å². The predicted octanol–water partition coefficient (Wildman–Crippen LogP) is 4.32. The second-order valence-corrected chi connectivity index (χ2v) is 7.54. The van der Waals surface area contributed by atoms with Gasteiger partial charge in [-0.3, -0.25) is 9.59 Å². The van der Waals surface area contributed by atoms with E-state index in [1.807, 2.05) is 39.8 Å². The standard InChI is InChI=1S/C24H31FN2O2/c1-5-11-26-24(29)22(6-2)27(16-19-7-9-21(25)10-8-19)23(28)15-20-13-17(3)12-18(4)14-20/h7-10,12-14,22H,5-6,11,15-16H2,1-4H3,(H,26,29)/t22-/m1/s1. The Bertz CT molecular complexity index is 813. The second kappa shape index (κ2) is 10.7. The highest BCUT2D eigenvalue weighted by molar-refractivity contribution is 5.88. The van der Waals surface area contributed by atoms with E-state index in [1.165, 1.54) is 12.1 Å². The van der Waals surface area contributed by atoms with Gasteiger partial charge in [0.2, 0.25) is 11.8 Å². The van der Waals surface area contributed by atoms with Crippen molar-refractivity contribution in [3.05, 3.63) is 70.5 Å². The molecule has 0 spiro atoms. The van der Waals surface area contributed by atoms with E-state index >= 15 is 0 Å². The van der Waals surface area contributed by atoms with Gasteiger partial charge in [-0.25, -0.2) is 4.39 Å². The lowest BCUT2D eigenvalue weighted by Gasteiger charge is -2.31. The molecule has 2 amide bonds. The fourth-order valence-electron chi connectivity index (χ4n) is 3.52. The van der Waals surface area contributed by atoms with Gasteiger partial charge in [0, 0.05) is 13.1 Å². The quantitative estimate of drug-likeness (QED) is 0.684. The largest absolute Gasteiger partial charge is 0.354 e. The first kappa shape index (κ1) is 22.6. The normalized spacial score (nSPS) is 11.8. The van der Waals surface area contributed by atoms with Gasteiger partial charge in [-0.1, -0.05) is 55.3 Å². The molecule has 0 bridgehead atoms. The topological polar surface area (TPSA) is 49.4 Å². The molecule has 0 unspecified atom stereocenters. The van der Waals surface area contributed by atoms with Crippen LogP contribution in [0.25, 0.3) is 0 Å². The van der Waals surface area contributed by atoms with Gasteiger partial charge in [0.25, 0.3) is 0 Å². The zero-order valence-corrected chi connectivity index (χ0v) is 17.8. The summed E-state index contributed by atoms with van der Waals surface area (Å²) in [7, 11) is 0. The molecule has 156 valence electrons. The number of hydrogen-bond donors (Lipinski definition) is 1. The van der Waals surface area contributed by atoms with Gasteiger partial charge in [-0.2, -0.15) is 0 Å². The molecule has 2 rings (SSSR count). The SMILES string of the molecule is CCCNC(=O)[C@@H](CC)N(Cc1ccc(F)cc1)C(=O)Cc1cc(C)cc(C)c1. The Morgan fingerprint density at radius 3 is 2.17 bits per heavy atom. The maximum atomic E-state index is 13.3. The minimum Gasteiger partial charge on any atom is -0.354 e. The van der Waals surface area contributed by atoms with Crippen molar-refractivity contribution in [2.75, 3.05) is 6.54 Å². The van der Waals surface area contributed by atoms with Crippen molar-refractivity contribution in [3.8, 4) is 0 Å². The fraction of sp³-hybridized carbons (Fsp3) is 0.417. The van der Waals surface area contributed by atoms with Gasteiger partial charge < -0.3 is 10.2 Å². The summed E-state index contributed by atoms with van der Waals surface area (Å²) in [5, 5.41) is 2.90. The van der Waals surface area contributed by atoms with Crippen LogP contribution in [0.2, 0.25) is 0 Å². The van der Waals surface area contributed by atoms with Crippen molar-refractivity contribution in [2.24, 2.45) is 0 Å². The molecule has 2 aromatic carbocycles. The van der Waals surface area contributed by atoms with Crippen LogP contribution >= 0.6 is 0 Å². The maximum absolute atomic E-state index is 13.3. The Morgan fingerprint density at radius 1 is 1.00 bits per heavy atom. The smallest absolute Gasteiger partial charge is 0.242 e. The number of nitrogens with one attached hydrogen (secondary N) is 1. The van der Waals surface area contributed by atoms with E-state index in [-0.39, 0.29) is 30.6 Å². The number of halogens is 1. The maximum Gasteiger partial charge on any atom is 0.242 e. The third kappa shape index (κ3) is 6.70. The van der Waals surface area contributed by atoms with Crippen molar-refractivity contribution in [2.45, 2.75) is 59.5 Å². The van der Waals surface area contributed by atoms with E-state index in [4.69, 9.17) is 0 Å². The molecule has 1 N–H and O–H groups in total. The molecule has 1 atom stereocenters. The van der Waals surface area contributed by atoms with E-state index in [0.717, 1.165) is 28.7 Å². The molecule has 0 aliphatic carbocycles. The van der Waals surface area contributed by atoms with Gasteiger partial charge >= 0.3 is 0 Å². The second-order valence-electron chi connectivity index (χ2n) is 7.54. The van der Waals surface area contributed by atoms with Crippen molar-refractivity contribution >= 4 is 11.8 Å². The van der Waals surface area contributed by atoms with Crippen molar-refractivity contribution in [1.29, 1.82) is 0 Å². The highest BCUT2D eigenvalue weighted by Gasteiger charge is 2.28. The summed E-state index contributed by atoms with van der Waals surface area (Å²) in [6.45, 7) is 8.74. The first-order valence-corrected chi connectivity index (χ1v) is 10.2. The number of benzene rings is 2. The number of carbonyl (C=O) groups excluding carboxylic acids is 2. The number of rotatable bonds is 9. The molecular weight excluding hydrogens is 367 g/mol. The van der Waals surface area contributed by atoms with Gasteiger partial charge in [0.1, 0.15) is 11.9 Å². The van der Waals surface area contributed by atoms with E-state index < -0.39 is 6.04 Å². The highest BCUT2D eigenvalue weighted by Crippen LogP contribution is 2.17. The Morgan fingerprint density at radius 2 is 1.62 bits per heavy atom. The summed E-state index contributed by atoms with van der Waals surface area (Å²) in [5.74, 6) is -0.586. The highest BCUT2D eigenvalue weighted by atomic mass is 19.1. The molecule has 0 fully saturated rings. The van der Waals surface area contributed by atoms with E-state index in [2.05, 4.69) is 11.4 Å². The average Bonchev–Trinajstić information content (AvgIpc) is 2.66. The molecule has 0 aliphatic heterocycles. The summed E-state index contributed by atoms with van der Waals surface area (Å²) < 4.78 is 13.3. The third-order valence-corrected chi connectivity index (χ3v) is 4.84. The van der Waals surface area contributed by atoms with E-state index in [1.54, 1.807) is 17.0 Å². The van der Waals surface area contributed by atoms with Gasteiger partial charge in [0.05, 0.1) is 6.42 Å². The summed E-state index contributed by atoms with van der Waals surface area (Å²) in [4.78, 5) is 27.6. The van der Waals surface area contributed by atoms with E-state index in [0.29, 0.717) is 13.0 Å². The molecule has 0 aliphatic rings. The minimum absolute atomic E-state index is 0.113. The Balaban J connectivity index is 2.29. The summed E-state index contributed by atoms with van der Waals surface area (Å²) in [5.41, 5.74) is 3.93. The fourth-order valence-corrected chi connectivity index (χ4v) is 3.52. The van der Waals surface area contributed by atoms with Crippen LogP contribution in [-0.2, 0) is 22.6 Å². The number of aryl methyl sites for hydroxylation is 2. The molecular formula is C24H31FN2O2.